The number of alkyl halides is 2. The molecule has 1 aromatic rings. The molecule has 11 rings (SSSR count). The van der Waals surface area contributed by atoms with Crippen LogP contribution in [0.5, 0.6) is 0 Å². The van der Waals surface area contributed by atoms with Gasteiger partial charge in [-0.3, -0.25) is 57.5 Å². The van der Waals surface area contributed by atoms with Crippen LogP contribution in [0.4, 0.5) is 14.4 Å². The smallest absolute Gasteiger partial charge is 0.329 e. The van der Waals surface area contributed by atoms with Crippen LogP contribution < -0.4 is 65.1 Å². The van der Waals surface area contributed by atoms with Crippen LogP contribution in [0.3, 0.4) is 0 Å². The number of piperidine rings is 3. The maximum atomic E-state index is 14.7. The Kier molecular flexibility index (Phi) is 35.0. The average Bonchev–Trinajstić information content (AvgIpc) is 1.53. The van der Waals surface area contributed by atoms with Crippen LogP contribution in [0.15, 0.2) is 24.3 Å². The van der Waals surface area contributed by atoms with Gasteiger partial charge in [-0.25, -0.2) is 28.8 Å². The number of hydrogen-bond acceptors (Lipinski definition) is 21. The number of carbonyl (C=O) groups is 18. The van der Waals surface area contributed by atoms with Crippen molar-refractivity contribution in [1.29, 1.82) is 0 Å². The first-order valence-corrected chi connectivity index (χ1v) is 50.5. The van der Waals surface area contributed by atoms with Gasteiger partial charge in [0.2, 0.25) is 52.8 Å². The molecule has 7 aliphatic carbocycles. The third-order valence-electron chi connectivity index (χ3n) is 29.8. The van der Waals surface area contributed by atoms with E-state index in [1.807, 2.05) is 121 Å². The number of carbonyl (C=O) groups excluding carboxylic acids is 18. The molecule has 3 aliphatic heterocycles. The number of primary amides is 3. The normalized spacial score (nSPS) is 24.5. The number of halogens is 2. The number of rotatable bonds is 33. The standard InChI is InChI=1S/C38H55N5O7.C34H57N5O7.C30H47Cl2N5O7/c1-36(2,3)30(34(48)50-37(4,5)6)42-35(49)41-27(23-17-21-14-9-10-15-22(21)18-23)33(47)43-19-24-26(38(24,7)8)28(43)32(46)40-25(29(44)31(39)45)16-20-12-11-13-20;1-31(2,3)17-46-29(44)25(33(7,8)9)38-30(45)37-24(32(4,5)6)28(43)39-16-19-21(34(19,10)11)22(39)27(42)36-20(23(40)26(35)41)15-18-13-12-14-18;1-14(2)44-26(42)22(29(6,7)8)36-27(43)35-21(28(3,4)5)25(41)37-13-16-18(30(16,31)32)19(37)24(40)34-17(20(38)23(33)39)12-15-10-9-11-15/h9-10,14-15,20,23-28,30H,11-13,16-19H2,1-8H3,(H2,39,45)(H,40,46)(H2,41,42,49);18-22,24-25H,12-17H2,1-11H3,(H2,35,41)(H,36,42)(H2,37,38,45);14-19,21-22H,9-13H2,1-8H3,(H2,33,39)(H,34,40)(H2,35,36,43)/t24-,25?,26-,27-,28-,30?;19-,20?,21-,22-,24+,25-;16-,17?,18-,19-,21+,22+/m000/s1. The van der Waals surface area contributed by atoms with E-state index < -0.39 is 234 Å². The van der Waals surface area contributed by atoms with Gasteiger partial charge in [-0.05, 0) is 169 Å². The number of esters is 3. The van der Waals surface area contributed by atoms with Crippen molar-refractivity contribution in [3.8, 4) is 0 Å². The molecule has 6 saturated carbocycles. The monoisotopic (exact) mass is 2000 g/mol. The van der Waals surface area contributed by atoms with Gasteiger partial charge >= 0.3 is 36.0 Å². The minimum absolute atomic E-state index is 0.0480. The van der Waals surface area contributed by atoms with Gasteiger partial charge in [0.05, 0.1) is 30.8 Å². The fourth-order valence-corrected chi connectivity index (χ4v) is 21.6. The predicted molar refractivity (Wildman–Crippen MR) is 524 cm³/mol. The molecular formula is C102H159Cl2N15O21. The molecule has 9 fully saturated rings. The summed E-state index contributed by atoms with van der Waals surface area (Å²) >= 11 is 13.0. The largest absolute Gasteiger partial charge is 0.464 e. The summed E-state index contributed by atoms with van der Waals surface area (Å²) in [4.78, 5) is 243. The number of ketones is 3. The fourth-order valence-electron chi connectivity index (χ4n) is 20.8. The average molecular weight is 2000 g/mol. The maximum Gasteiger partial charge on any atom is 0.329 e. The summed E-state index contributed by atoms with van der Waals surface area (Å²) in [6, 6.07) is -6.64. The predicted octanol–water partition coefficient (Wildman–Crippen LogP) is 8.38. The molecule has 18 atom stereocenters. The maximum absolute atomic E-state index is 14.7. The SMILES string of the molecule is CC(C)(C)COC(=O)[C@H](NC(=O)N[C@H](C(=O)N1C[C@H]2[C@@H]([C@H]1C(=O)NC(CC1CCC1)C(=O)C(N)=O)C2(C)C)C(C)(C)C)C(C)(C)C.CC(C)(C)OC(=O)C(NC(=O)N[C@H](C(=O)N1C[C@H]2[C@@H]([C@H]1C(=O)NC(CC1CCC1)C(=O)C(N)=O)C2(C)C)C1Cc2ccccc2C1)C(C)(C)C.CC(C)OC(=O)[C@@H](NC(=O)N[C@H](C(=O)N1C[C@H]2[C@@H]([C@H]1C(=O)NC(CC1CCC1)C(=O)C(N)=O)C2(Cl)Cl)C(C)(C)C)C(C)(C)C. The molecule has 0 spiro atoms. The summed E-state index contributed by atoms with van der Waals surface area (Å²) in [6.07, 6.45) is 10.0. The number of nitrogens with zero attached hydrogens (tertiary/aromatic N) is 3. The molecular weight excluding hydrogens is 1840 g/mol. The lowest BCUT2D eigenvalue weighted by molar-refractivity contribution is -0.160. The number of amides is 15. The summed E-state index contributed by atoms with van der Waals surface area (Å²) < 4.78 is 15.2. The number of Topliss-reactive ketones (excluding diaryl/α,β-unsaturated/α-hetero) is 3. The highest BCUT2D eigenvalue weighted by molar-refractivity contribution is 6.51. The van der Waals surface area contributed by atoms with Gasteiger partial charge in [0.1, 0.15) is 64.3 Å². The van der Waals surface area contributed by atoms with E-state index in [4.69, 9.17) is 54.6 Å². The summed E-state index contributed by atoms with van der Waals surface area (Å²) in [5, 5.41) is 24.8. The van der Waals surface area contributed by atoms with E-state index in [2.05, 4.69) is 61.7 Å². The van der Waals surface area contributed by atoms with E-state index in [0.717, 1.165) is 68.9 Å². The molecule has 0 bridgehead atoms. The van der Waals surface area contributed by atoms with Crippen molar-refractivity contribution >= 4 is 130 Å². The number of likely N-dealkylation sites (tertiary alicyclic amines) is 3. The molecule has 38 heteroatoms. The molecule has 0 aromatic heterocycles. The van der Waals surface area contributed by atoms with Gasteiger partial charge in [-0.15, -0.1) is 23.2 Å². The second-order valence-electron chi connectivity index (χ2n) is 49.9. The molecule has 0 radical (unpaired) electrons. The summed E-state index contributed by atoms with van der Waals surface area (Å²) in [5.74, 6) is -11.7. The molecule has 4 unspecified atom stereocenters. The molecule has 3 heterocycles. The molecule has 10 aliphatic rings. The Labute approximate surface area is 835 Å². The Morgan fingerprint density at radius 1 is 0.400 bits per heavy atom. The lowest BCUT2D eigenvalue weighted by atomic mass is 9.80. The van der Waals surface area contributed by atoms with E-state index in [1.54, 1.807) is 81.1 Å². The van der Waals surface area contributed by atoms with Gasteiger partial charge in [0.15, 0.2) is 0 Å². The van der Waals surface area contributed by atoms with Crippen molar-refractivity contribution in [2.24, 2.45) is 120 Å². The molecule has 15 N–H and O–H groups in total. The number of nitrogens with two attached hydrogens (primary N) is 3. The molecule has 3 saturated heterocycles. The van der Waals surface area contributed by atoms with Crippen molar-refractivity contribution in [2.45, 2.75) is 365 Å². The Balaban J connectivity index is 0.000000235. The quantitative estimate of drug-likeness (QED) is 0.0136. The zero-order chi connectivity index (χ0) is 106. The number of urea groups is 3. The van der Waals surface area contributed by atoms with Gasteiger partial charge in [-0.2, -0.15) is 0 Å². The highest BCUT2D eigenvalue weighted by atomic mass is 35.5. The summed E-state index contributed by atoms with van der Waals surface area (Å²) in [6.45, 7) is 50.5. The minimum atomic E-state index is -1.26. The van der Waals surface area contributed by atoms with Crippen LogP contribution in [0.1, 0.15) is 275 Å². The third-order valence-corrected chi connectivity index (χ3v) is 30.9. The molecule has 1 aromatic carbocycles. The third kappa shape index (κ3) is 27.6. The van der Waals surface area contributed by atoms with Crippen LogP contribution in [0, 0.1) is 102 Å². The summed E-state index contributed by atoms with van der Waals surface area (Å²) in [5.41, 5.74) is 13.0. The molecule has 782 valence electrons. The second kappa shape index (κ2) is 43.0. The highest BCUT2D eigenvalue weighted by Crippen LogP contribution is 2.67. The van der Waals surface area contributed by atoms with Crippen LogP contribution >= 0.6 is 23.2 Å². The van der Waals surface area contributed by atoms with E-state index >= 15 is 0 Å². The van der Waals surface area contributed by atoms with Crippen LogP contribution in [0.2, 0.25) is 0 Å². The Morgan fingerprint density at radius 3 is 1.00 bits per heavy atom. The van der Waals surface area contributed by atoms with E-state index in [0.29, 0.717) is 38.8 Å². The lowest BCUT2D eigenvalue weighted by Gasteiger charge is -2.38. The van der Waals surface area contributed by atoms with Gasteiger partial charge in [0, 0.05) is 31.5 Å². The zero-order valence-corrected chi connectivity index (χ0v) is 88.7. The number of benzene rings is 1. The first-order chi connectivity index (χ1) is 64.1. The molecule has 36 nitrogen and oxygen atoms in total. The Morgan fingerprint density at radius 2 is 0.700 bits per heavy atom. The Hall–Kier alpha value is -9.74. The van der Waals surface area contributed by atoms with Crippen molar-refractivity contribution in [2.75, 3.05) is 26.2 Å². The van der Waals surface area contributed by atoms with Crippen molar-refractivity contribution in [3.05, 3.63) is 35.4 Å². The van der Waals surface area contributed by atoms with Crippen molar-refractivity contribution in [3.63, 3.8) is 0 Å². The topological polar surface area (TPSA) is 531 Å². The minimum Gasteiger partial charge on any atom is -0.464 e. The van der Waals surface area contributed by atoms with Crippen LogP contribution in [0.25, 0.3) is 0 Å². The van der Waals surface area contributed by atoms with Crippen molar-refractivity contribution in [1.82, 2.24) is 62.6 Å². The van der Waals surface area contributed by atoms with Gasteiger partial charge in [-0.1, -0.05) is 234 Å². The molecule has 140 heavy (non-hydrogen) atoms. The first kappa shape index (κ1) is 114. The van der Waals surface area contributed by atoms with Crippen LogP contribution in [-0.2, 0) is 99.0 Å². The number of nitrogens with one attached hydrogen (secondary N) is 9. The first-order valence-electron chi connectivity index (χ1n) is 49.7. The van der Waals surface area contributed by atoms with Crippen molar-refractivity contribution < 1.29 is 101 Å². The van der Waals surface area contributed by atoms with Crippen LogP contribution in [-0.4, -0.2) is 236 Å². The number of hydrogen-bond donors (Lipinski definition) is 12. The number of fused-ring (bicyclic) bond motifs is 4. The van der Waals surface area contributed by atoms with Gasteiger partial charge < -0.3 is 94.0 Å². The van der Waals surface area contributed by atoms with Gasteiger partial charge in [0.25, 0.3) is 17.7 Å². The number of ether oxygens (including phenoxy) is 3. The molecule has 15 amide bonds. The summed E-state index contributed by atoms with van der Waals surface area (Å²) in [7, 11) is 0. The lowest BCUT2D eigenvalue weighted by Crippen LogP contribution is -2.63. The zero-order valence-electron chi connectivity index (χ0n) is 87.2. The fraction of sp³-hybridized carbons (Fsp3) is 0.765. The highest BCUT2D eigenvalue weighted by Gasteiger charge is 2.75. The Bertz CT molecular complexity index is 4850. The van der Waals surface area contributed by atoms with E-state index in [-0.39, 0.29) is 83.2 Å². The second-order valence-corrected chi connectivity index (χ2v) is 51.4. The van der Waals surface area contributed by atoms with E-state index in [9.17, 15) is 86.3 Å². The van der Waals surface area contributed by atoms with E-state index in [1.165, 1.54) is 9.80 Å².